The Hall–Kier alpha value is -2.41. The number of methoxy groups -OCH3 is 1. The molecule has 1 aromatic carbocycles. The predicted molar refractivity (Wildman–Crippen MR) is 79.3 cm³/mol. The molecule has 110 valence electrons. The Morgan fingerprint density at radius 3 is 2.62 bits per heavy atom. The van der Waals surface area contributed by atoms with Crippen LogP contribution in [-0.4, -0.2) is 30.5 Å². The molecule has 0 aliphatic rings. The average Bonchev–Trinajstić information content (AvgIpc) is 3.05. The number of nitrogens with one attached hydrogen (secondary N) is 2. The van der Waals surface area contributed by atoms with Crippen LogP contribution in [0.4, 0.5) is 0 Å². The third kappa shape index (κ3) is 4.57. The summed E-state index contributed by atoms with van der Waals surface area (Å²) < 4.78 is 5.06. The normalized spacial score (nSPS) is 9.95. The van der Waals surface area contributed by atoms with Gasteiger partial charge in [0.15, 0.2) is 0 Å². The fourth-order valence-electron chi connectivity index (χ4n) is 1.58. The lowest BCUT2D eigenvalue weighted by Crippen LogP contribution is -2.36. The van der Waals surface area contributed by atoms with Crippen LogP contribution in [0, 0.1) is 0 Å². The Morgan fingerprint density at radius 2 is 2.00 bits per heavy atom. The van der Waals surface area contributed by atoms with E-state index in [2.05, 4.69) is 15.6 Å². The molecule has 21 heavy (non-hydrogen) atoms. The lowest BCUT2D eigenvalue weighted by atomic mass is 10.2. The fourth-order valence-corrected chi connectivity index (χ4v) is 2.11. The number of benzene rings is 1. The number of carbonyl (C=O) groups excluding carboxylic acids is 2. The number of nitrogens with zero attached hydrogens (tertiary/aromatic N) is 1. The van der Waals surface area contributed by atoms with Gasteiger partial charge in [-0.25, -0.2) is 4.98 Å². The quantitative estimate of drug-likeness (QED) is 0.840. The molecule has 0 fully saturated rings. The number of rotatable bonds is 6. The molecule has 7 heteroatoms. The van der Waals surface area contributed by atoms with Gasteiger partial charge in [0.1, 0.15) is 11.4 Å². The van der Waals surface area contributed by atoms with E-state index < -0.39 is 0 Å². The molecular weight excluding hydrogens is 290 g/mol. The molecule has 2 amide bonds. The van der Waals surface area contributed by atoms with Crippen LogP contribution in [0.3, 0.4) is 0 Å². The Kier molecular flexibility index (Phi) is 5.28. The predicted octanol–water partition coefficient (Wildman–Crippen LogP) is 1.20. The molecule has 0 radical (unpaired) electrons. The van der Waals surface area contributed by atoms with Crippen molar-refractivity contribution in [2.24, 2.45) is 0 Å². The lowest BCUT2D eigenvalue weighted by Gasteiger charge is -2.07. The van der Waals surface area contributed by atoms with Gasteiger partial charge >= 0.3 is 0 Å². The third-order valence-corrected chi connectivity index (χ3v) is 3.31. The van der Waals surface area contributed by atoms with Crippen LogP contribution >= 0.6 is 11.3 Å². The van der Waals surface area contributed by atoms with Gasteiger partial charge in [0.2, 0.25) is 5.91 Å². The summed E-state index contributed by atoms with van der Waals surface area (Å²) >= 11 is 1.33. The lowest BCUT2D eigenvalue weighted by molar-refractivity contribution is -0.120. The Balaban J connectivity index is 1.73. The Morgan fingerprint density at radius 1 is 1.24 bits per heavy atom. The zero-order valence-electron chi connectivity index (χ0n) is 11.5. The molecule has 0 spiro atoms. The summed E-state index contributed by atoms with van der Waals surface area (Å²) in [6, 6.07) is 7.39. The van der Waals surface area contributed by atoms with E-state index in [4.69, 9.17) is 4.74 Å². The van der Waals surface area contributed by atoms with Crippen LogP contribution in [0.2, 0.25) is 0 Å². The number of carbonyl (C=O) groups is 2. The number of hydrogen-bond acceptors (Lipinski definition) is 5. The molecule has 0 saturated carbocycles. The molecule has 0 aliphatic heterocycles. The highest BCUT2D eigenvalue weighted by Crippen LogP contribution is 2.10. The third-order valence-electron chi connectivity index (χ3n) is 2.72. The molecule has 2 aromatic rings. The molecule has 0 atom stereocenters. The number of thiazole rings is 1. The van der Waals surface area contributed by atoms with Gasteiger partial charge in [-0.1, -0.05) is 12.1 Å². The standard InChI is InChI=1S/C14H15N3O3S/c1-20-11-4-2-10(3-5-11)6-15-13(18)7-16-14(19)12-8-21-9-17-12/h2-5,8-9H,6-7H2,1H3,(H,15,18)(H,16,19). The molecule has 2 N–H and O–H groups in total. The maximum atomic E-state index is 11.6. The van der Waals surface area contributed by atoms with E-state index in [0.717, 1.165) is 11.3 Å². The second-order valence-corrected chi connectivity index (χ2v) is 4.90. The van der Waals surface area contributed by atoms with E-state index in [1.807, 2.05) is 24.3 Å². The Labute approximate surface area is 126 Å². The first-order chi connectivity index (χ1) is 10.2. The second-order valence-electron chi connectivity index (χ2n) is 4.18. The zero-order valence-corrected chi connectivity index (χ0v) is 12.3. The second kappa shape index (κ2) is 7.39. The van der Waals surface area contributed by atoms with Gasteiger partial charge in [-0.05, 0) is 17.7 Å². The van der Waals surface area contributed by atoms with Crippen molar-refractivity contribution in [1.82, 2.24) is 15.6 Å². The summed E-state index contributed by atoms with van der Waals surface area (Å²) in [5, 5.41) is 6.87. The first kappa shape index (κ1) is 15.0. The van der Waals surface area contributed by atoms with E-state index in [9.17, 15) is 9.59 Å². The summed E-state index contributed by atoms with van der Waals surface area (Å²) in [7, 11) is 1.60. The topological polar surface area (TPSA) is 80.3 Å². The van der Waals surface area contributed by atoms with E-state index in [1.165, 1.54) is 11.3 Å². The van der Waals surface area contributed by atoms with Crippen molar-refractivity contribution in [3.05, 3.63) is 46.4 Å². The highest BCUT2D eigenvalue weighted by atomic mass is 32.1. The summed E-state index contributed by atoms with van der Waals surface area (Å²) in [5.41, 5.74) is 2.84. The van der Waals surface area contributed by atoms with E-state index in [-0.39, 0.29) is 18.4 Å². The molecular formula is C14H15N3O3S. The largest absolute Gasteiger partial charge is 0.497 e. The zero-order chi connectivity index (χ0) is 15.1. The Bertz CT molecular complexity index is 596. The van der Waals surface area contributed by atoms with Gasteiger partial charge in [0.25, 0.3) is 5.91 Å². The monoisotopic (exact) mass is 305 g/mol. The SMILES string of the molecule is COc1ccc(CNC(=O)CNC(=O)c2cscn2)cc1. The van der Waals surface area contributed by atoms with Crippen molar-refractivity contribution in [3.8, 4) is 5.75 Å². The van der Waals surface area contributed by atoms with Gasteiger partial charge in [-0.2, -0.15) is 0 Å². The number of hydrogen-bond donors (Lipinski definition) is 2. The van der Waals surface area contributed by atoms with Crippen molar-refractivity contribution in [1.29, 1.82) is 0 Å². The van der Waals surface area contributed by atoms with E-state index in [0.29, 0.717) is 12.2 Å². The van der Waals surface area contributed by atoms with Crippen LogP contribution in [0.5, 0.6) is 5.75 Å². The molecule has 0 unspecified atom stereocenters. The molecule has 0 bridgehead atoms. The molecule has 0 saturated heterocycles. The maximum Gasteiger partial charge on any atom is 0.271 e. The minimum absolute atomic E-state index is 0.0769. The smallest absolute Gasteiger partial charge is 0.271 e. The van der Waals surface area contributed by atoms with Gasteiger partial charge in [0.05, 0.1) is 19.2 Å². The molecule has 2 rings (SSSR count). The average molecular weight is 305 g/mol. The van der Waals surface area contributed by atoms with Gasteiger partial charge in [-0.3, -0.25) is 9.59 Å². The molecule has 6 nitrogen and oxygen atoms in total. The van der Waals surface area contributed by atoms with Crippen molar-refractivity contribution >= 4 is 23.2 Å². The number of aromatic nitrogens is 1. The van der Waals surface area contributed by atoms with Crippen LogP contribution in [-0.2, 0) is 11.3 Å². The highest BCUT2D eigenvalue weighted by molar-refractivity contribution is 7.07. The summed E-state index contributed by atoms with van der Waals surface area (Å²) in [5.74, 6) is 0.158. The molecule has 1 heterocycles. The van der Waals surface area contributed by atoms with Crippen molar-refractivity contribution in [2.75, 3.05) is 13.7 Å². The van der Waals surface area contributed by atoms with Crippen LogP contribution < -0.4 is 15.4 Å². The number of amides is 2. The van der Waals surface area contributed by atoms with Crippen LogP contribution in [0.15, 0.2) is 35.2 Å². The van der Waals surface area contributed by atoms with Crippen LogP contribution in [0.1, 0.15) is 16.1 Å². The fraction of sp³-hybridized carbons (Fsp3) is 0.214. The minimum atomic E-state index is -0.351. The summed E-state index contributed by atoms with van der Waals surface area (Å²) in [6.45, 7) is 0.321. The first-order valence-corrected chi connectivity index (χ1v) is 7.19. The van der Waals surface area contributed by atoms with Crippen LogP contribution in [0.25, 0.3) is 0 Å². The van der Waals surface area contributed by atoms with Crippen molar-refractivity contribution < 1.29 is 14.3 Å². The summed E-state index contributed by atoms with van der Waals surface area (Å²) in [6.07, 6.45) is 0. The minimum Gasteiger partial charge on any atom is -0.497 e. The van der Waals surface area contributed by atoms with Gasteiger partial charge in [0, 0.05) is 11.9 Å². The van der Waals surface area contributed by atoms with E-state index >= 15 is 0 Å². The van der Waals surface area contributed by atoms with Gasteiger partial charge < -0.3 is 15.4 Å². The van der Waals surface area contributed by atoms with Gasteiger partial charge in [-0.15, -0.1) is 11.3 Å². The molecule has 1 aromatic heterocycles. The molecule has 0 aliphatic carbocycles. The highest BCUT2D eigenvalue weighted by Gasteiger charge is 2.09. The first-order valence-electron chi connectivity index (χ1n) is 6.25. The van der Waals surface area contributed by atoms with E-state index in [1.54, 1.807) is 18.0 Å². The van der Waals surface area contributed by atoms with Crippen molar-refractivity contribution in [2.45, 2.75) is 6.54 Å². The maximum absolute atomic E-state index is 11.6. The summed E-state index contributed by atoms with van der Waals surface area (Å²) in [4.78, 5) is 27.1. The number of ether oxygens (including phenoxy) is 1. The van der Waals surface area contributed by atoms with Crippen molar-refractivity contribution in [3.63, 3.8) is 0 Å².